The van der Waals surface area contributed by atoms with Crippen molar-refractivity contribution in [1.29, 1.82) is 0 Å². The van der Waals surface area contributed by atoms with Crippen molar-refractivity contribution in [2.24, 2.45) is 0 Å². The van der Waals surface area contributed by atoms with Crippen molar-refractivity contribution in [1.82, 2.24) is 4.98 Å². The highest BCUT2D eigenvalue weighted by molar-refractivity contribution is 6.09. The first-order chi connectivity index (χ1) is 13.7. The van der Waals surface area contributed by atoms with Gasteiger partial charge in [0.2, 0.25) is 0 Å². The Morgan fingerprint density at radius 1 is 1.00 bits per heavy atom. The lowest BCUT2D eigenvalue weighted by molar-refractivity contribution is 0.102. The number of carbonyl (C=O) groups is 1. The lowest BCUT2D eigenvalue weighted by atomic mass is 10.1. The molecule has 0 aliphatic carbocycles. The summed E-state index contributed by atoms with van der Waals surface area (Å²) in [6.07, 6.45) is 4.71. The Morgan fingerprint density at radius 3 is 2.71 bits per heavy atom. The molecule has 0 unspecified atom stereocenters. The molecule has 0 aliphatic heterocycles. The van der Waals surface area contributed by atoms with Crippen LogP contribution in [-0.2, 0) is 0 Å². The number of hydrogen-bond acceptors (Lipinski definition) is 4. The van der Waals surface area contributed by atoms with Crippen molar-refractivity contribution in [2.45, 2.75) is 33.1 Å². The number of nitrogens with one attached hydrogen (secondary N) is 1. The normalized spacial score (nSPS) is 10.6. The quantitative estimate of drug-likeness (QED) is 0.503. The summed E-state index contributed by atoms with van der Waals surface area (Å²) < 4.78 is 11.5. The lowest BCUT2D eigenvalue weighted by Crippen LogP contribution is -2.12. The number of unbranched alkanes of at least 4 members (excludes halogenated alkanes) is 1. The van der Waals surface area contributed by atoms with Crippen molar-refractivity contribution >= 4 is 22.5 Å². The molecule has 0 radical (unpaired) electrons. The van der Waals surface area contributed by atoms with Crippen molar-refractivity contribution in [2.75, 3.05) is 18.5 Å². The van der Waals surface area contributed by atoms with Crippen LogP contribution in [0.3, 0.4) is 0 Å². The van der Waals surface area contributed by atoms with E-state index in [1.54, 1.807) is 18.3 Å². The van der Waals surface area contributed by atoms with Crippen LogP contribution in [-0.4, -0.2) is 24.1 Å². The van der Waals surface area contributed by atoms with Gasteiger partial charge in [0.15, 0.2) is 0 Å². The van der Waals surface area contributed by atoms with E-state index in [1.165, 1.54) is 0 Å². The second-order valence-corrected chi connectivity index (χ2v) is 6.54. The number of rotatable bonds is 9. The maximum atomic E-state index is 12.8. The van der Waals surface area contributed by atoms with E-state index in [1.807, 2.05) is 43.3 Å². The van der Waals surface area contributed by atoms with Crippen molar-refractivity contribution < 1.29 is 14.3 Å². The summed E-state index contributed by atoms with van der Waals surface area (Å²) in [6.45, 7) is 5.45. The van der Waals surface area contributed by atoms with Crippen LogP contribution in [0.2, 0.25) is 0 Å². The molecule has 5 nitrogen and oxygen atoms in total. The number of carbonyl (C=O) groups excluding carboxylic acids is 1. The molecule has 1 aromatic heterocycles. The van der Waals surface area contributed by atoms with Crippen LogP contribution in [0.15, 0.2) is 54.7 Å². The second kappa shape index (κ2) is 9.74. The summed E-state index contributed by atoms with van der Waals surface area (Å²) in [7, 11) is 0. The average Bonchev–Trinajstić information content (AvgIpc) is 2.74. The Bertz CT molecular complexity index is 940. The van der Waals surface area contributed by atoms with Gasteiger partial charge in [0.05, 0.1) is 18.9 Å². The zero-order valence-corrected chi connectivity index (χ0v) is 16.4. The molecular formula is C23H26N2O3. The summed E-state index contributed by atoms with van der Waals surface area (Å²) in [5.41, 5.74) is 2.00. The third kappa shape index (κ3) is 4.80. The first-order valence-corrected chi connectivity index (χ1v) is 9.77. The number of aromatic nitrogens is 1. The molecule has 2 aromatic carbocycles. The molecule has 5 heteroatoms. The van der Waals surface area contributed by atoms with Crippen LogP contribution in [0.4, 0.5) is 5.69 Å². The van der Waals surface area contributed by atoms with E-state index in [-0.39, 0.29) is 5.91 Å². The maximum Gasteiger partial charge on any atom is 0.255 e. The number of nitrogens with zero attached hydrogens (tertiary/aromatic N) is 1. The van der Waals surface area contributed by atoms with E-state index < -0.39 is 0 Å². The van der Waals surface area contributed by atoms with E-state index in [9.17, 15) is 4.79 Å². The van der Waals surface area contributed by atoms with Gasteiger partial charge in [0.1, 0.15) is 17.0 Å². The molecule has 28 heavy (non-hydrogen) atoms. The number of benzene rings is 2. The van der Waals surface area contributed by atoms with E-state index in [2.05, 4.69) is 17.2 Å². The molecule has 0 atom stereocenters. The highest BCUT2D eigenvalue weighted by atomic mass is 16.5. The number of anilines is 1. The minimum atomic E-state index is -0.188. The molecule has 0 fully saturated rings. The molecule has 0 aliphatic rings. The summed E-state index contributed by atoms with van der Waals surface area (Å²) in [6, 6.07) is 14.7. The Balaban J connectivity index is 1.82. The van der Waals surface area contributed by atoms with Crippen molar-refractivity contribution in [3.8, 4) is 11.5 Å². The first-order valence-electron chi connectivity index (χ1n) is 9.77. The standard InChI is InChI=1S/C23H26N2O3/c1-3-5-15-28-21-12-11-20(19-10-7-13-24-22(19)21)25-23(26)17-8-6-9-18(16-17)27-14-4-2/h6-13,16H,3-5,14-15H2,1-2H3,(H,25,26). The lowest BCUT2D eigenvalue weighted by Gasteiger charge is -2.13. The smallest absolute Gasteiger partial charge is 0.255 e. The molecule has 146 valence electrons. The summed E-state index contributed by atoms with van der Waals surface area (Å²) in [5, 5.41) is 3.84. The van der Waals surface area contributed by atoms with Gasteiger partial charge in [-0.1, -0.05) is 26.3 Å². The number of hydrogen-bond donors (Lipinski definition) is 1. The predicted molar refractivity (Wildman–Crippen MR) is 112 cm³/mol. The highest BCUT2D eigenvalue weighted by Gasteiger charge is 2.12. The third-order valence-electron chi connectivity index (χ3n) is 4.31. The number of ether oxygens (including phenoxy) is 2. The Hall–Kier alpha value is -3.08. The molecule has 0 saturated heterocycles. The molecule has 1 amide bonds. The summed E-state index contributed by atoms with van der Waals surface area (Å²) in [4.78, 5) is 17.2. The highest BCUT2D eigenvalue weighted by Crippen LogP contribution is 2.30. The maximum absolute atomic E-state index is 12.8. The summed E-state index contributed by atoms with van der Waals surface area (Å²) >= 11 is 0. The largest absolute Gasteiger partial charge is 0.494 e. The minimum absolute atomic E-state index is 0.188. The predicted octanol–water partition coefficient (Wildman–Crippen LogP) is 5.45. The van der Waals surface area contributed by atoms with Crippen LogP contribution in [0, 0.1) is 0 Å². The van der Waals surface area contributed by atoms with E-state index in [4.69, 9.17) is 9.47 Å². The number of amides is 1. The Labute approximate surface area is 165 Å². The molecule has 1 heterocycles. The average molecular weight is 378 g/mol. The van der Waals surface area contributed by atoms with Crippen LogP contribution >= 0.6 is 0 Å². The van der Waals surface area contributed by atoms with E-state index in [0.717, 1.165) is 35.9 Å². The van der Waals surface area contributed by atoms with E-state index >= 15 is 0 Å². The molecule has 0 bridgehead atoms. The molecule has 3 aromatic rings. The van der Waals surface area contributed by atoms with Crippen molar-refractivity contribution in [3.05, 3.63) is 60.3 Å². The van der Waals surface area contributed by atoms with Gasteiger partial charge < -0.3 is 14.8 Å². The van der Waals surface area contributed by atoms with Gasteiger partial charge >= 0.3 is 0 Å². The number of pyridine rings is 1. The molecule has 1 N–H and O–H groups in total. The Kier molecular flexibility index (Phi) is 6.84. The van der Waals surface area contributed by atoms with Crippen LogP contribution in [0.5, 0.6) is 11.5 Å². The van der Waals surface area contributed by atoms with Gasteiger partial charge in [-0.15, -0.1) is 0 Å². The van der Waals surface area contributed by atoms with Crippen LogP contribution < -0.4 is 14.8 Å². The molecular weight excluding hydrogens is 352 g/mol. The fraction of sp³-hybridized carbons (Fsp3) is 0.304. The molecule has 0 spiro atoms. The van der Waals surface area contributed by atoms with Gasteiger partial charge in [0.25, 0.3) is 5.91 Å². The zero-order valence-electron chi connectivity index (χ0n) is 16.4. The van der Waals surface area contributed by atoms with Gasteiger partial charge in [0, 0.05) is 17.1 Å². The summed E-state index contributed by atoms with van der Waals surface area (Å²) in [5.74, 6) is 1.24. The van der Waals surface area contributed by atoms with Gasteiger partial charge in [-0.05, 0) is 55.3 Å². The molecule has 0 saturated carbocycles. The number of fused-ring (bicyclic) bond motifs is 1. The topological polar surface area (TPSA) is 60.5 Å². The SMILES string of the molecule is CCCCOc1ccc(NC(=O)c2cccc(OCCC)c2)c2cccnc12. The van der Waals surface area contributed by atoms with Crippen LogP contribution in [0.25, 0.3) is 10.9 Å². The van der Waals surface area contributed by atoms with Gasteiger partial charge in [-0.2, -0.15) is 0 Å². The Morgan fingerprint density at radius 2 is 1.89 bits per heavy atom. The van der Waals surface area contributed by atoms with Crippen molar-refractivity contribution in [3.63, 3.8) is 0 Å². The van der Waals surface area contributed by atoms with Gasteiger partial charge in [-0.25, -0.2) is 0 Å². The second-order valence-electron chi connectivity index (χ2n) is 6.54. The third-order valence-corrected chi connectivity index (χ3v) is 4.31. The van der Waals surface area contributed by atoms with Gasteiger partial charge in [-0.3, -0.25) is 9.78 Å². The van der Waals surface area contributed by atoms with Crippen LogP contribution in [0.1, 0.15) is 43.5 Å². The molecule has 3 rings (SSSR count). The van der Waals surface area contributed by atoms with E-state index in [0.29, 0.717) is 30.2 Å². The fourth-order valence-corrected chi connectivity index (χ4v) is 2.84. The minimum Gasteiger partial charge on any atom is -0.494 e. The fourth-order valence-electron chi connectivity index (χ4n) is 2.84. The zero-order chi connectivity index (χ0) is 19.8. The first kappa shape index (κ1) is 19.7. The monoisotopic (exact) mass is 378 g/mol.